The number of carbonyl (C=O) groups excluding carboxylic acids is 1. The summed E-state index contributed by atoms with van der Waals surface area (Å²) in [5.74, 6) is -3.83. The average molecular weight is 495 g/mol. The summed E-state index contributed by atoms with van der Waals surface area (Å²) >= 11 is 0. The number of hydrogen-bond acceptors (Lipinski definition) is 3. The van der Waals surface area contributed by atoms with Crippen LogP contribution in [0.15, 0.2) is 17.1 Å². The first-order valence-electron chi connectivity index (χ1n) is 7.55. The van der Waals surface area contributed by atoms with Gasteiger partial charge in [-0.25, -0.2) is 4.39 Å². The molecule has 0 unspecified atom stereocenters. The van der Waals surface area contributed by atoms with Crippen LogP contribution in [0.25, 0.3) is 10.9 Å². The minimum Gasteiger partial charge on any atom is -0.491 e. The van der Waals surface area contributed by atoms with E-state index in [0.29, 0.717) is 16.8 Å². The fourth-order valence-corrected chi connectivity index (χ4v) is 2.09. The predicted molar refractivity (Wildman–Crippen MR) is 86.5 cm³/mol. The smallest absolute Gasteiger partial charge is 0.491 e. The summed E-state index contributed by atoms with van der Waals surface area (Å²) in [6.07, 6.45) is -4.04. The van der Waals surface area contributed by atoms with E-state index in [1.54, 1.807) is 0 Å². The van der Waals surface area contributed by atoms with Gasteiger partial charge in [-0.1, -0.05) is 0 Å². The summed E-state index contributed by atoms with van der Waals surface area (Å²) in [6.45, 7) is -1.61. The summed E-state index contributed by atoms with van der Waals surface area (Å²) in [6, 6.07) is 0.440. The Morgan fingerprint density at radius 3 is 1.78 bits per heavy atom. The van der Waals surface area contributed by atoms with Crippen molar-refractivity contribution in [3.8, 4) is 5.75 Å². The van der Waals surface area contributed by atoms with Crippen molar-refractivity contribution >= 4 is 31.7 Å². The Balaban J connectivity index is 0.000000805. The van der Waals surface area contributed by atoms with E-state index in [0.717, 1.165) is 7.11 Å². The number of pyridine rings is 1. The molecule has 0 radical (unpaired) electrons. The van der Waals surface area contributed by atoms with Gasteiger partial charge in [-0.15, -0.1) is 0 Å². The van der Waals surface area contributed by atoms with E-state index in [4.69, 9.17) is 0 Å². The SMILES string of the molecule is COc1c(F)c(F)cc2c(=O)c(C=O)cn(CC(F)(F)F)c12.F[B-](F)(F)F.F[B-](F)(F)F. The van der Waals surface area contributed by atoms with Gasteiger partial charge in [0.15, 0.2) is 23.3 Å². The van der Waals surface area contributed by atoms with E-state index >= 15 is 0 Å². The van der Waals surface area contributed by atoms with Gasteiger partial charge in [0, 0.05) is 6.20 Å². The number of benzene rings is 1. The van der Waals surface area contributed by atoms with Crippen LogP contribution in [0.1, 0.15) is 10.4 Å². The maximum absolute atomic E-state index is 13.7. The monoisotopic (exact) mass is 495 g/mol. The first kappa shape index (κ1) is 29.1. The van der Waals surface area contributed by atoms with Gasteiger partial charge in [-0.3, -0.25) is 9.59 Å². The molecule has 32 heavy (non-hydrogen) atoms. The van der Waals surface area contributed by atoms with Crippen LogP contribution in [0, 0.1) is 11.6 Å². The van der Waals surface area contributed by atoms with Crippen LogP contribution in [-0.4, -0.2) is 38.6 Å². The molecule has 0 saturated carbocycles. The predicted octanol–water partition coefficient (Wildman–Crippen LogP) is 5.26. The lowest BCUT2D eigenvalue weighted by Crippen LogP contribution is -2.22. The van der Waals surface area contributed by atoms with E-state index in [-0.39, 0.29) is 6.29 Å². The molecule has 182 valence electrons. The van der Waals surface area contributed by atoms with Crippen LogP contribution in [0.5, 0.6) is 5.75 Å². The second-order valence-electron chi connectivity index (χ2n) is 5.37. The molecule has 19 heteroatoms. The number of fused-ring (bicyclic) bond motifs is 1. The number of methoxy groups -OCH3 is 1. The minimum atomic E-state index is -6.00. The quantitative estimate of drug-likeness (QED) is 0.332. The van der Waals surface area contributed by atoms with Crippen molar-refractivity contribution in [3.63, 3.8) is 0 Å². The maximum Gasteiger partial charge on any atom is 0.673 e. The van der Waals surface area contributed by atoms with Crippen LogP contribution in [-0.2, 0) is 6.54 Å². The number of ether oxygens (including phenoxy) is 1. The molecule has 1 aromatic carbocycles. The van der Waals surface area contributed by atoms with Crippen molar-refractivity contribution in [1.29, 1.82) is 0 Å². The van der Waals surface area contributed by atoms with E-state index in [9.17, 15) is 66.1 Å². The van der Waals surface area contributed by atoms with E-state index < -0.39 is 66.5 Å². The molecule has 2 rings (SSSR count). The molecule has 0 spiro atoms. The number of hydrogen-bond donors (Lipinski definition) is 0. The molecule has 0 aliphatic heterocycles. The van der Waals surface area contributed by atoms with Crippen molar-refractivity contribution in [2.45, 2.75) is 12.7 Å². The van der Waals surface area contributed by atoms with Crippen molar-refractivity contribution < 1.29 is 66.0 Å². The largest absolute Gasteiger partial charge is 0.673 e. The fourth-order valence-electron chi connectivity index (χ4n) is 2.09. The molecule has 1 heterocycles. The van der Waals surface area contributed by atoms with Gasteiger partial charge in [0.05, 0.1) is 23.6 Å². The van der Waals surface area contributed by atoms with E-state index in [1.165, 1.54) is 0 Å². The number of carbonyl (C=O) groups is 1. The van der Waals surface area contributed by atoms with Crippen LogP contribution in [0.4, 0.5) is 56.5 Å². The molecule has 0 bridgehead atoms. The van der Waals surface area contributed by atoms with Crippen LogP contribution in [0.2, 0.25) is 0 Å². The normalized spacial score (nSPS) is 11.8. The van der Waals surface area contributed by atoms with Crippen molar-refractivity contribution in [2.24, 2.45) is 0 Å². The number of rotatable bonds is 3. The molecule has 0 saturated heterocycles. The Bertz CT molecular complexity index is 974. The molecule has 0 aliphatic rings. The Morgan fingerprint density at radius 2 is 1.44 bits per heavy atom. The second kappa shape index (κ2) is 10.6. The highest BCUT2D eigenvalue weighted by molar-refractivity contribution is 6.50. The Morgan fingerprint density at radius 1 is 1.00 bits per heavy atom. The van der Waals surface area contributed by atoms with Gasteiger partial charge >= 0.3 is 20.7 Å². The highest BCUT2D eigenvalue weighted by Crippen LogP contribution is 2.31. The number of alkyl halides is 3. The average Bonchev–Trinajstić information content (AvgIpc) is 2.55. The van der Waals surface area contributed by atoms with Crippen molar-refractivity contribution in [3.05, 3.63) is 39.7 Å². The Labute approximate surface area is 168 Å². The molecule has 0 N–H and O–H groups in total. The molecule has 1 aromatic heterocycles. The zero-order valence-electron chi connectivity index (χ0n) is 15.2. The first-order valence-corrected chi connectivity index (χ1v) is 7.55. The Kier molecular flexibility index (Phi) is 9.67. The third-order valence-electron chi connectivity index (χ3n) is 2.92. The van der Waals surface area contributed by atoms with Gasteiger partial charge in [0.25, 0.3) is 0 Å². The van der Waals surface area contributed by atoms with Crippen LogP contribution < -0.4 is 10.2 Å². The zero-order chi connectivity index (χ0) is 25.7. The number of halogens is 13. The van der Waals surface area contributed by atoms with Gasteiger partial charge in [0.1, 0.15) is 6.54 Å². The molecule has 0 fully saturated rings. The van der Waals surface area contributed by atoms with Crippen molar-refractivity contribution in [1.82, 2.24) is 4.57 Å². The topological polar surface area (TPSA) is 48.3 Å². The third-order valence-corrected chi connectivity index (χ3v) is 2.92. The standard InChI is InChI=1S/C13H8F5NO3.2BF4/c1-22-12-9(15)8(14)2-7-10(12)19(5-13(16,17)18)3-6(4-20)11(7)21;2*2-1(3,4)5/h2-4H,5H2,1H3;;/q;2*-1. The number of aromatic nitrogens is 1. The first-order chi connectivity index (χ1) is 14.2. The lowest BCUT2D eigenvalue weighted by molar-refractivity contribution is -0.140. The summed E-state index contributed by atoms with van der Waals surface area (Å²) in [4.78, 5) is 22.7. The molecule has 4 nitrogen and oxygen atoms in total. The van der Waals surface area contributed by atoms with Crippen LogP contribution >= 0.6 is 0 Å². The molecule has 0 amide bonds. The van der Waals surface area contributed by atoms with Gasteiger partial charge in [0.2, 0.25) is 5.82 Å². The fraction of sp³-hybridized carbons (Fsp3) is 0.231. The van der Waals surface area contributed by atoms with Gasteiger partial charge in [-0.05, 0) is 6.07 Å². The molecule has 0 atom stereocenters. The highest BCUT2D eigenvalue weighted by Gasteiger charge is 2.30. The lowest BCUT2D eigenvalue weighted by Gasteiger charge is -2.17. The maximum atomic E-state index is 13.7. The molecular formula is C13H8B2F13NO3-2. The zero-order valence-corrected chi connectivity index (χ0v) is 15.2. The van der Waals surface area contributed by atoms with Crippen molar-refractivity contribution in [2.75, 3.05) is 7.11 Å². The number of nitrogens with zero attached hydrogens (tertiary/aromatic N) is 1. The second-order valence-corrected chi connectivity index (χ2v) is 5.37. The highest BCUT2D eigenvalue weighted by atomic mass is 19.5. The van der Waals surface area contributed by atoms with E-state index in [2.05, 4.69) is 4.74 Å². The summed E-state index contributed by atoms with van der Waals surface area (Å²) in [5, 5.41) is -0.579. The third kappa shape index (κ3) is 10.4. The minimum absolute atomic E-state index is 0.0440. The number of aldehydes is 1. The summed E-state index contributed by atoms with van der Waals surface area (Å²) in [7, 11) is -11.1. The summed E-state index contributed by atoms with van der Waals surface area (Å²) < 4.78 is 148. The van der Waals surface area contributed by atoms with Gasteiger partial charge in [-0.2, -0.15) is 17.6 Å². The lowest BCUT2D eigenvalue weighted by atomic mass is 10.1. The van der Waals surface area contributed by atoms with Gasteiger partial charge < -0.3 is 43.8 Å². The molecule has 0 aliphatic carbocycles. The van der Waals surface area contributed by atoms with E-state index in [1.807, 2.05) is 0 Å². The van der Waals surface area contributed by atoms with Crippen LogP contribution in [0.3, 0.4) is 0 Å². The molecule has 2 aromatic rings. The Hall–Kier alpha value is -2.88. The summed E-state index contributed by atoms with van der Waals surface area (Å²) in [5.41, 5.74) is -2.19. The molecular weight excluding hydrogens is 487 g/mol.